The van der Waals surface area contributed by atoms with Crippen LogP contribution in [0.4, 0.5) is 33.6 Å². The molecule has 0 saturated carbocycles. The van der Waals surface area contributed by atoms with Gasteiger partial charge in [-0.25, -0.2) is 9.78 Å². The van der Waals surface area contributed by atoms with Crippen LogP contribution in [0.5, 0.6) is 0 Å². The number of nitrogens with zero attached hydrogens (tertiary/aromatic N) is 5. The van der Waals surface area contributed by atoms with Gasteiger partial charge in [-0.1, -0.05) is 41.9 Å². The highest BCUT2D eigenvalue weighted by atomic mass is 35.5. The summed E-state index contributed by atoms with van der Waals surface area (Å²) in [7, 11) is 1.70. The predicted octanol–water partition coefficient (Wildman–Crippen LogP) is 4.42. The summed E-state index contributed by atoms with van der Waals surface area (Å²) in [5.41, 5.74) is 2.32. The minimum atomic E-state index is -0.0944. The van der Waals surface area contributed by atoms with Gasteiger partial charge < -0.3 is 15.5 Å². The number of hydrogen-bond acceptors (Lipinski definition) is 6. The molecule has 2 heterocycles. The Bertz CT molecular complexity index is 1180. The number of hydrogen-bond donors (Lipinski definition) is 3. The van der Waals surface area contributed by atoms with Crippen LogP contribution in [0.1, 0.15) is 18.4 Å². The van der Waals surface area contributed by atoms with Crippen molar-refractivity contribution in [2.45, 2.75) is 19.4 Å². The lowest BCUT2D eigenvalue weighted by atomic mass is 10.2. The van der Waals surface area contributed by atoms with Crippen LogP contribution in [-0.4, -0.2) is 45.9 Å². The number of aromatic nitrogens is 2. The van der Waals surface area contributed by atoms with Crippen LogP contribution < -0.4 is 21.4 Å². The van der Waals surface area contributed by atoms with Crippen LogP contribution in [0.2, 0.25) is 5.02 Å². The molecular formula is C23H26ClN8O2+. The molecule has 0 radical (unpaired) electrons. The van der Waals surface area contributed by atoms with Gasteiger partial charge >= 0.3 is 11.7 Å². The van der Waals surface area contributed by atoms with Crippen molar-refractivity contribution < 1.29 is 9.66 Å². The molecule has 2 amide bonds. The maximum Gasteiger partial charge on any atom is 0.351 e. The van der Waals surface area contributed by atoms with Crippen molar-refractivity contribution in [3.05, 3.63) is 70.2 Å². The third-order valence-electron chi connectivity index (χ3n) is 5.54. The SMILES string of the molecule is CN(C(=O)N1CCCC1)c1cc(Nc2ncc([N+](N)=O)c(NCc3ccccc3)n2)ccc1Cl. The number of nitrogens with two attached hydrogens (primary N) is 1. The molecule has 0 aliphatic carbocycles. The van der Waals surface area contributed by atoms with E-state index in [0.29, 0.717) is 22.9 Å². The largest absolute Gasteiger partial charge is 0.360 e. The quantitative estimate of drug-likeness (QED) is 0.259. The van der Waals surface area contributed by atoms with Crippen molar-refractivity contribution in [1.82, 2.24) is 14.9 Å². The fourth-order valence-electron chi connectivity index (χ4n) is 3.71. The van der Waals surface area contributed by atoms with Gasteiger partial charge in [0.15, 0.2) is 4.87 Å². The van der Waals surface area contributed by atoms with Gasteiger partial charge in [0.1, 0.15) is 6.20 Å². The van der Waals surface area contributed by atoms with Gasteiger partial charge in [-0.3, -0.25) is 4.90 Å². The lowest BCUT2D eigenvalue weighted by Crippen LogP contribution is -2.39. The number of nitroso groups, excluding NO2 is 1. The van der Waals surface area contributed by atoms with E-state index in [2.05, 4.69) is 20.6 Å². The van der Waals surface area contributed by atoms with Crippen LogP contribution in [0.3, 0.4) is 0 Å². The zero-order valence-electron chi connectivity index (χ0n) is 18.7. The summed E-state index contributed by atoms with van der Waals surface area (Å²) in [5.74, 6) is 5.96. The number of likely N-dealkylation sites (tertiary alicyclic amines) is 1. The Kier molecular flexibility index (Phi) is 7.07. The molecule has 11 heteroatoms. The fraction of sp³-hybridized carbons (Fsp3) is 0.261. The van der Waals surface area contributed by atoms with Gasteiger partial charge in [0.25, 0.3) is 0 Å². The first kappa shape index (κ1) is 23.2. The molecule has 176 valence electrons. The first-order valence-electron chi connectivity index (χ1n) is 10.9. The van der Waals surface area contributed by atoms with Gasteiger partial charge in [-0.05, 0) is 36.6 Å². The molecule has 4 N–H and O–H groups in total. The van der Waals surface area contributed by atoms with Gasteiger partial charge in [-0.2, -0.15) is 10.8 Å². The van der Waals surface area contributed by atoms with Crippen LogP contribution in [0, 0.1) is 4.91 Å². The molecular weight excluding hydrogens is 456 g/mol. The van der Waals surface area contributed by atoms with E-state index in [1.165, 1.54) is 6.20 Å². The first-order valence-corrected chi connectivity index (χ1v) is 11.3. The van der Waals surface area contributed by atoms with Crippen molar-refractivity contribution in [2.24, 2.45) is 5.84 Å². The van der Waals surface area contributed by atoms with E-state index in [9.17, 15) is 9.70 Å². The third-order valence-corrected chi connectivity index (χ3v) is 5.86. The maximum absolute atomic E-state index is 12.8. The molecule has 2 aromatic carbocycles. The summed E-state index contributed by atoms with van der Waals surface area (Å²) in [5, 5.41) is 6.69. The van der Waals surface area contributed by atoms with Gasteiger partial charge in [0, 0.05) is 32.4 Å². The second-order valence-electron chi connectivity index (χ2n) is 7.92. The summed E-state index contributed by atoms with van der Waals surface area (Å²) >= 11 is 6.39. The monoisotopic (exact) mass is 481 g/mol. The van der Waals surface area contributed by atoms with Crippen LogP contribution in [0.25, 0.3) is 0 Å². The zero-order chi connectivity index (χ0) is 24.1. The summed E-state index contributed by atoms with van der Waals surface area (Å²) < 4.78 is 0. The normalized spacial score (nSPS) is 12.9. The molecule has 10 nitrogen and oxygen atoms in total. The number of nitrogens with one attached hydrogen (secondary N) is 2. The van der Waals surface area contributed by atoms with Gasteiger partial charge in [0.2, 0.25) is 11.8 Å². The number of anilines is 4. The van der Waals surface area contributed by atoms with E-state index in [1.54, 1.807) is 30.1 Å². The number of benzene rings is 2. The van der Waals surface area contributed by atoms with Crippen LogP contribution in [-0.2, 0) is 6.54 Å². The van der Waals surface area contributed by atoms with E-state index < -0.39 is 0 Å². The van der Waals surface area contributed by atoms with Gasteiger partial charge in [-0.15, -0.1) is 0 Å². The topological polar surface area (TPSA) is 119 Å². The van der Waals surface area contributed by atoms with E-state index in [-0.39, 0.29) is 28.4 Å². The van der Waals surface area contributed by atoms with E-state index in [1.807, 2.05) is 35.2 Å². The van der Waals surface area contributed by atoms with Crippen molar-refractivity contribution in [3.63, 3.8) is 0 Å². The smallest absolute Gasteiger partial charge is 0.351 e. The number of urea groups is 1. The highest BCUT2D eigenvalue weighted by molar-refractivity contribution is 6.34. The molecule has 1 saturated heterocycles. The van der Waals surface area contributed by atoms with Crippen molar-refractivity contribution in [1.29, 1.82) is 0 Å². The van der Waals surface area contributed by atoms with E-state index >= 15 is 0 Å². The molecule has 1 aliphatic rings. The second kappa shape index (κ2) is 10.3. The number of rotatable bonds is 7. The van der Waals surface area contributed by atoms with E-state index in [0.717, 1.165) is 31.5 Å². The lowest BCUT2D eigenvalue weighted by molar-refractivity contribution is -0.474. The summed E-state index contributed by atoms with van der Waals surface area (Å²) in [6, 6.07) is 14.8. The molecule has 3 aromatic rings. The minimum absolute atomic E-state index is 0.0944. The number of hydrazine groups is 1. The average Bonchev–Trinajstić information content (AvgIpc) is 3.39. The Morgan fingerprint density at radius 1 is 1.21 bits per heavy atom. The summed E-state index contributed by atoms with van der Waals surface area (Å²) in [6.45, 7) is 1.94. The number of carbonyl (C=O) groups is 1. The number of carbonyl (C=O) groups excluding carboxylic acids is 1. The second-order valence-corrected chi connectivity index (χ2v) is 8.33. The molecule has 0 bridgehead atoms. The molecule has 1 aliphatic heterocycles. The maximum atomic E-state index is 12.8. The Balaban J connectivity index is 1.54. The van der Waals surface area contributed by atoms with Crippen molar-refractivity contribution in [3.8, 4) is 0 Å². The summed E-state index contributed by atoms with van der Waals surface area (Å²) in [4.78, 5) is 36.8. The minimum Gasteiger partial charge on any atom is -0.360 e. The zero-order valence-corrected chi connectivity index (χ0v) is 19.5. The molecule has 0 unspecified atom stereocenters. The predicted molar refractivity (Wildman–Crippen MR) is 133 cm³/mol. The summed E-state index contributed by atoms with van der Waals surface area (Å²) in [6.07, 6.45) is 3.36. The standard InChI is InChI=1S/C23H26ClN8O2/c1-30(23(33)31-11-5-6-12-31)19-13-17(9-10-18(19)24)28-22-27-15-20(32(25)34)21(29-22)26-14-16-7-3-2-4-8-16/h2-4,7-10,13,15H,5-6,11-12,14H2,1H3,(H2,25,34)(H2,26,27,28,29)/q+1. The van der Waals surface area contributed by atoms with Crippen LogP contribution >= 0.6 is 11.6 Å². The van der Waals surface area contributed by atoms with Crippen molar-refractivity contribution in [2.75, 3.05) is 35.7 Å². The highest BCUT2D eigenvalue weighted by Crippen LogP contribution is 2.31. The van der Waals surface area contributed by atoms with Gasteiger partial charge in [0.05, 0.1) is 15.6 Å². The molecule has 1 aromatic heterocycles. The lowest BCUT2D eigenvalue weighted by Gasteiger charge is -2.25. The van der Waals surface area contributed by atoms with Crippen molar-refractivity contribution >= 4 is 46.5 Å². The Hall–Kier alpha value is -3.92. The first-order chi connectivity index (χ1) is 16.4. The molecule has 1 fully saturated rings. The Morgan fingerprint density at radius 3 is 2.65 bits per heavy atom. The highest BCUT2D eigenvalue weighted by Gasteiger charge is 2.24. The molecule has 4 rings (SSSR count). The number of halogens is 1. The molecule has 0 atom stereocenters. The van der Waals surface area contributed by atoms with E-state index in [4.69, 9.17) is 17.4 Å². The molecule has 34 heavy (non-hydrogen) atoms. The molecule has 0 spiro atoms. The number of amides is 2. The Morgan fingerprint density at radius 2 is 1.94 bits per heavy atom. The third kappa shape index (κ3) is 5.34. The fourth-order valence-corrected chi connectivity index (χ4v) is 3.95. The van der Waals surface area contributed by atoms with Crippen LogP contribution in [0.15, 0.2) is 54.7 Å². The average molecular weight is 482 g/mol. The Labute approximate surface area is 202 Å².